The van der Waals surface area contributed by atoms with Crippen molar-refractivity contribution >= 4 is 11.8 Å². The maximum Gasteiger partial charge on any atom is 0.0678 e. The van der Waals surface area contributed by atoms with Crippen LogP contribution in [0.1, 0.15) is 25.3 Å². The molecule has 2 aliphatic heterocycles. The lowest BCUT2D eigenvalue weighted by atomic mass is 10.00. The van der Waals surface area contributed by atoms with E-state index < -0.39 is 0 Å². The largest absolute Gasteiger partial charge is 0.373 e. The second kappa shape index (κ2) is 5.24. The molecule has 1 saturated heterocycles. The van der Waals surface area contributed by atoms with E-state index in [1.807, 2.05) is 11.8 Å². The van der Waals surface area contributed by atoms with Gasteiger partial charge in [-0.3, -0.25) is 4.90 Å². The predicted octanol–water partition coefficient (Wildman–Crippen LogP) is 2.99. The molecule has 3 atom stereocenters. The number of ether oxygens (including phenoxy) is 1. The molecule has 0 radical (unpaired) electrons. The number of rotatable bonds is 2. The van der Waals surface area contributed by atoms with Crippen molar-refractivity contribution in [1.29, 1.82) is 0 Å². The maximum atomic E-state index is 5.80. The summed E-state index contributed by atoms with van der Waals surface area (Å²) in [4.78, 5) is 4.06. The Morgan fingerprint density at radius 3 is 2.72 bits per heavy atom. The van der Waals surface area contributed by atoms with Gasteiger partial charge in [0.05, 0.1) is 12.2 Å². The van der Waals surface area contributed by atoms with Crippen LogP contribution in [0.25, 0.3) is 0 Å². The summed E-state index contributed by atoms with van der Waals surface area (Å²) in [5.74, 6) is 1.93. The lowest BCUT2D eigenvalue weighted by Gasteiger charge is -2.36. The summed E-state index contributed by atoms with van der Waals surface area (Å²) in [5, 5.41) is 0. The second-order valence-electron chi connectivity index (χ2n) is 5.52. The highest BCUT2D eigenvalue weighted by atomic mass is 32.2. The van der Waals surface area contributed by atoms with E-state index >= 15 is 0 Å². The van der Waals surface area contributed by atoms with Crippen molar-refractivity contribution < 1.29 is 4.74 Å². The van der Waals surface area contributed by atoms with Crippen molar-refractivity contribution in [2.24, 2.45) is 0 Å². The summed E-state index contributed by atoms with van der Waals surface area (Å²) >= 11 is 2.01. The normalized spacial score (nSPS) is 32.4. The Labute approximate surface area is 114 Å². The molecule has 0 N–H and O–H groups in total. The van der Waals surface area contributed by atoms with Crippen LogP contribution in [0.3, 0.4) is 0 Å². The monoisotopic (exact) mass is 263 g/mol. The van der Waals surface area contributed by atoms with E-state index in [9.17, 15) is 0 Å². The van der Waals surface area contributed by atoms with E-state index in [2.05, 4.69) is 43.0 Å². The number of thioether (sulfide) groups is 1. The van der Waals surface area contributed by atoms with Crippen LogP contribution >= 0.6 is 11.8 Å². The molecule has 1 aromatic carbocycles. The standard InChI is InChI=1S/C15H21NOS/c1-11-7-16(8-12(2)17-11)9-13-10-18-15-6-4-3-5-14(13)15/h3-6,11-13H,7-10H2,1-2H3/t11-,12+,13?. The van der Waals surface area contributed by atoms with Crippen molar-refractivity contribution in [3.05, 3.63) is 29.8 Å². The molecule has 2 heterocycles. The van der Waals surface area contributed by atoms with Crippen LogP contribution in [-0.2, 0) is 4.74 Å². The molecule has 3 heteroatoms. The number of hydrogen-bond donors (Lipinski definition) is 0. The van der Waals surface area contributed by atoms with Crippen molar-refractivity contribution in [2.75, 3.05) is 25.4 Å². The Hall–Kier alpha value is -0.510. The first-order valence-corrected chi connectivity index (χ1v) is 7.80. The van der Waals surface area contributed by atoms with E-state index in [0.29, 0.717) is 18.1 Å². The lowest BCUT2D eigenvalue weighted by Crippen LogP contribution is -2.46. The van der Waals surface area contributed by atoms with E-state index in [4.69, 9.17) is 4.74 Å². The zero-order valence-corrected chi connectivity index (χ0v) is 12.0. The molecule has 0 aliphatic carbocycles. The first kappa shape index (κ1) is 12.5. The van der Waals surface area contributed by atoms with Crippen molar-refractivity contribution in [3.8, 4) is 0 Å². The molecule has 0 amide bonds. The van der Waals surface area contributed by atoms with Gasteiger partial charge in [0.25, 0.3) is 0 Å². The van der Waals surface area contributed by atoms with Crippen LogP contribution in [0.5, 0.6) is 0 Å². The average molecular weight is 263 g/mol. The van der Waals surface area contributed by atoms with Gasteiger partial charge >= 0.3 is 0 Å². The minimum absolute atomic E-state index is 0.373. The molecule has 2 aliphatic rings. The molecule has 3 rings (SSSR count). The number of nitrogens with zero attached hydrogens (tertiary/aromatic N) is 1. The highest BCUT2D eigenvalue weighted by molar-refractivity contribution is 7.99. The molecule has 1 aromatic rings. The predicted molar refractivity (Wildman–Crippen MR) is 76.4 cm³/mol. The summed E-state index contributed by atoms with van der Waals surface area (Å²) in [7, 11) is 0. The second-order valence-corrected chi connectivity index (χ2v) is 6.58. The highest BCUT2D eigenvalue weighted by Gasteiger charge is 2.28. The SMILES string of the molecule is C[C@@H]1CN(CC2CSc3ccccc32)C[C@H](C)O1. The molecule has 0 spiro atoms. The summed E-state index contributed by atoms with van der Waals surface area (Å²) in [5.41, 5.74) is 1.55. The van der Waals surface area contributed by atoms with Crippen molar-refractivity contribution in [2.45, 2.75) is 36.9 Å². The fourth-order valence-electron chi connectivity index (χ4n) is 3.13. The fourth-order valence-corrected chi connectivity index (χ4v) is 4.37. The van der Waals surface area contributed by atoms with Gasteiger partial charge in [0.2, 0.25) is 0 Å². The number of hydrogen-bond acceptors (Lipinski definition) is 3. The van der Waals surface area contributed by atoms with Gasteiger partial charge in [0.15, 0.2) is 0 Å². The Morgan fingerprint density at radius 1 is 1.22 bits per heavy atom. The van der Waals surface area contributed by atoms with Crippen LogP contribution in [-0.4, -0.2) is 42.5 Å². The molecule has 18 heavy (non-hydrogen) atoms. The van der Waals surface area contributed by atoms with Gasteiger partial charge < -0.3 is 4.74 Å². The van der Waals surface area contributed by atoms with Crippen LogP contribution in [0, 0.1) is 0 Å². The van der Waals surface area contributed by atoms with Gasteiger partial charge in [0, 0.05) is 36.2 Å². The molecule has 2 nitrogen and oxygen atoms in total. The Morgan fingerprint density at radius 2 is 1.94 bits per heavy atom. The molecule has 1 unspecified atom stereocenters. The molecular weight excluding hydrogens is 242 g/mol. The van der Waals surface area contributed by atoms with Crippen LogP contribution in [0.4, 0.5) is 0 Å². The number of benzene rings is 1. The third-order valence-electron chi connectivity index (χ3n) is 3.77. The minimum atomic E-state index is 0.373. The molecule has 0 bridgehead atoms. The lowest BCUT2D eigenvalue weighted by molar-refractivity contribution is -0.0688. The number of morpholine rings is 1. The van der Waals surface area contributed by atoms with E-state index in [-0.39, 0.29) is 0 Å². The van der Waals surface area contributed by atoms with Crippen LogP contribution in [0.15, 0.2) is 29.2 Å². The van der Waals surface area contributed by atoms with E-state index in [0.717, 1.165) is 13.1 Å². The maximum absolute atomic E-state index is 5.80. The van der Waals surface area contributed by atoms with Gasteiger partial charge in [-0.2, -0.15) is 0 Å². The average Bonchev–Trinajstić information content (AvgIpc) is 2.72. The fraction of sp³-hybridized carbons (Fsp3) is 0.600. The summed E-state index contributed by atoms with van der Waals surface area (Å²) in [6.07, 6.45) is 0.746. The molecule has 1 fully saturated rings. The zero-order valence-electron chi connectivity index (χ0n) is 11.1. The summed E-state index contributed by atoms with van der Waals surface area (Å²) < 4.78 is 5.80. The van der Waals surface area contributed by atoms with Crippen molar-refractivity contribution in [3.63, 3.8) is 0 Å². The zero-order chi connectivity index (χ0) is 12.5. The Bertz CT molecular complexity index is 413. The summed E-state index contributed by atoms with van der Waals surface area (Å²) in [6.45, 7) is 7.70. The molecule has 98 valence electrons. The first-order valence-electron chi connectivity index (χ1n) is 6.82. The van der Waals surface area contributed by atoms with Crippen LogP contribution < -0.4 is 0 Å². The summed E-state index contributed by atoms with van der Waals surface area (Å²) in [6, 6.07) is 8.87. The molecular formula is C15H21NOS. The third-order valence-corrected chi connectivity index (χ3v) is 5.02. The number of fused-ring (bicyclic) bond motifs is 1. The smallest absolute Gasteiger partial charge is 0.0678 e. The highest BCUT2D eigenvalue weighted by Crippen LogP contribution is 2.39. The van der Waals surface area contributed by atoms with Gasteiger partial charge in [-0.1, -0.05) is 18.2 Å². The topological polar surface area (TPSA) is 12.5 Å². The van der Waals surface area contributed by atoms with E-state index in [1.165, 1.54) is 17.2 Å². The van der Waals surface area contributed by atoms with Crippen molar-refractivity contribution in [1.82, 2.24) is 4.90 Å². The Kier molecular flexibility index (Phi) is 3.64. The first-order chi connectivity index (χ1) is 8.72. The van der Waals surface area contributed by atoms with Gasteiger partial charge in [0.1, 0.15) is 0 Å². The van der Waals surface area contributed by atoms with Gasteiger partial charge in [-0.05, 0) is 25.5 Å². The minimum Gasteiger partial charge on any atom is -0.373 e. The van der Waals surface area contributed by atoms with E-state index in [1.54, 1.807) is 5.56 Å². The quantitative estimate of drug-likeness (QED) is 0.814. The van der Waals surface area contributed by atoms with Gasteiger partial charge in [-0.25, -0.2) is 0 Å². The molecule has 0 aromatic heterocycles. The van der Waals surface area contributed by atoms with Crippen LogP contribution in [0.2, 0.25) is 0 Å². The van der Waals surface area contributed by atoms with Gasteiger partial charge in [-0.15, -0.1) is 11.8 Å². The Balaban J connectivity index is 1.67. The third kappa shape index (κ3) is 2.58. The molecule has 0 saturated carbocycles.